The van der Waals surface area contributed by atoms with E-state index in [1.807, 2.05) is 25.4 Å². The van der Waals surface area contributed by atoms with Crippen molar-refractivity contribution in [3.05, 3.63) is 84.3 Å². The first-order valence-electron chi connectivity index (χ1n) is 16.3. The third kappa shape index (κ3) is 5.91. The minimum Gasteiger partial charge on any atom is -0.402 e. The van der Waals surface area contributed by atoms with Crippen molar-refractivity contribution in [2.75, 3.05) is 11.6 Å². The molecule has 3 aromatic heterocycles. The van der Waals surface area contributed by atoms with Crippen molar-refractivity contribution >= 4 is 57.8 Å². The van der Waals surface area contributed by atoms with Crippen molar-refractivity contribution in [2.24, 2.45) is 11.8 Å². The first-order chi connectivity index (χ1) is 22.1. The molecule has 6 nitrogen and oxygen atoms in total. The first-order valence-corrected chi connectivity index (χ1v) is 20.2. The number of benzene rings is 2. The minimum atomic E-state index is -2.79. The summed E-state index contributed by atoms with van der Waals surface area (Å²) < 4.78 is 8.99. The lowest BCUT2D eigenvalue weighted by atomic mass is 9.95. The number of aryl methyl sites for hydroxylation is 2. The van der Waals surface area contributed by atoms with Crippen LogP contribution in [0.15, 0.2) is 78.1 Å². The summed E-state index contributed by atoms with van der Waals surface area (Å²) in [6.07, 6.45) is 6.00. The van der Waals surface area contributed by atoms with Crippen LogP contribution in [-0.4, -0.2) is 46.7 Å². The van der Waals surface area contributed by atoms with Gasteiger partial charge in [-0.05, 0) is 59.8 Å². The highest BCUT2D eigenvalue weighted by Gasteiger charge is 2.54. The average molecular weight is 668 g/mol. The van der Waals surface area contributed by atoms with Crippen LogP contribution in [0.2, 0.25) is 5.04 Å². The van der Waals surface area contributed by atoms with Gasteiger partial charge in [0.05, 0.1) is 33.8 Å². The molecule has 1 fully saturated rings. The van der Waals surface area contributed by atoms with E-state index in [0.717, 1.165) is 56.0 Å². The Kier molecular flexibility index (Phi) is 9.40. The quantitative estimate of drug-likeness (QED) is 0.0964. The second-order valence-electron chi connectivity index (χ2n) is 13.5. The number of thioether (sulfide) groups is 1. The Morgan fingerprint density at radius 1 is 0.935 bits per heavy atom. The molecule has 3 heterocycles. The third-order valence-electron chi connectivity index (χ3n) is 9.75. The van der Waals surface area contributed by atoms with Crippen molar-refractivity contribution in [2.45, 2.75) is 83.6 Å². The molecule has 1 N–H and O–H groups in total. The number of rotatable bonds is 9. The molecule has 0 unspecified atom stereocenters. The fourth-order valence-electron chi connectivity index (χ4n) is 7.34. The molecule has 0 spiro atoms. The number of pyridine rings is 1. The average Bonchev–Trinajstić information content (AvgIpc) is 3.60. The highest BCUT2D eigenvalue weighted by Crippen LogP contribution is 2.45. The van der Waals surface area contributed by atoms with Gasteiger partial charge in [-0.2, -0.15) is 0 Å². The summed E-state index contributed by atoms with van der Waals surface area (Å²) in [4.78, 5) is 19.5. The number of thiazole rings is 1. The van der Waals surface area contributed by atoms with Crippen molar-refractivity contribution < 1.29 is 4.43 Å². The molecule has 0 bridgehead atoms. The Bertz CT molecular complexity index is 1770. The molecule has 46 heavy (non-hydrogen) atoms. The van der Waals surface area contributed by atoms with E-state index in [4.69, 9.17) is 19.4 Å². The fraction of sp³-hybridized carbons (Fsp3) is 0.405. The van der Waals surface area contributed by atoms with E-state index in [1.54, 1.807) is 23.1 Å². The third-order valence-corrected chi connectivity index (χ3v) is 16.4. The highest BCUT2D eigenvalue weighted by atomic mass is 32.2. The number of hydrogen-bond acceptors (Lipinski definition) is 8. The number of anilines is 1. The van der Waals surface area contributed by atoms with Crippen molar-refractivity contribution in [1.82, 2.24) is 19.9 Å². The maximum atomic E-state index is 7.87. The number of fused-ring (bicyclic) bond motifs is 1. The van der Waals surface area contributed by atoms with Crippen molar-refractivity contribution in [1.29, 1.82) is 0 Å². The van der Waals surface area contributed by atoms with Gasteiger partial charge in [-0.3, -0.25) is 4.98 Å². The van der Waals surface area contributed by atoms with Crippen LogP contribution in [0.25, 0.3) is 20.8 Å². The molecule has 4 atom stereocenters. The number of nitrogens with one attached hydrogen (secondary N) is 1. The van der Waals surface area contributed by atoms with Gasteiger partial charge in [-0.15, -0.1) is 11.3 Å². The van der Waals surface area contributed by atoms with E-state index in [2.05, 4.69) is 113 Å². The number of nitrogens with zero attached hydrogens (tertiary/aromatic N) is 4. The highest BCUT2D eigenvalue weighted by molar-refractivity contribution is 7.98. The Balaban J connectivity index is 1.48. The molecular weight excluding hydrogens is 623 g/mol. The SMILES string of the molecule is CC[C@H]1C[C@@H](Nc2nc(SC)nc(C)c2-c2nc3c(C)nccc3s2)[C@H](O[Si](c2ccccc2)(c2ccccc2)C(C)(C)C)[C@@H]1C. The lowest BCUT2D eigenvalue weighted by molar-refractivity contribution is 0.132. The minimum absolute atomic E-state index is 0.0149. The topological polar surface area (TPSA) is 72.8 Å². The molecule has 9 heteroatoms. The summed E-state index contributed by atoms with van der Waals surface area (Å²) in [5, 5.41) is 8.16. The summed E-state index contributed by atoms with van der Waals surface area (Å²) in [5.41, 5.74) is 3.77. The summed E-state index contributed by atoms with van der Waals surface area (Å²) in [7, 11) is -2.79. The van der Waals surface area contributed by atoms with Gasteiger partial charge in [0.1, 0.15) is 16.3 Å². The van der Waals surface area contributed by atoms with Gasteiger partial charge in [-0.25, -0.2) is 15.0 Å². The van der Waals surface area contributed by atoms with E-state index in [1.165, 1.54) is 10.4 Å². The van der Waals surface area contributed by atoms with Crippen LogP contribution in [0, 0.1) is 25.7 Å². The molecule has 240 valence electrons. The number of hydrogen-bond donors (Lipinski definition) is 1. The Labute approximate surface area is 283 Å². The zero-order chi connectivity index (χ0) is 32.6. The normalized spacial score (nSPS) is 20.3. The van der Waals surface area contributed by atoms with Gasteiger partial charge in [-0.1, -0.05) is 113 Å². The van der Waals surface area contributed by atoms with Gasteiger partial charge in [0.2, 0.25) is 0 Å². The van der Waals surface area contributed by atoms with Crippen LogP contribution < -0.4 is 15.7 Å². The molecule has 5 aromatic rings. The maximum Gasteiger partial charge on any atom is 0.261 e. The maximum absolute atomic E-state index is 7.87. The standard InChI is InChI=1S/C37H45N5OS2Si/c1-9-26-22-29(40-34-31(24(3)39-36(42-34)44-8)35-41-32-25(4)38-21-20-30(32)45-35)33(23(26)2)43-46(37(5,6)7,27-16-12-10-13-17-27)28-18-14-11-15-19-28/h10-21,23,26,29,33H,9,22H2,1-8H3,(H,39,40,42)/t23-,26+,29-,33-/m1/s1. The predicted octanol–water partition coefficient (Wildman–Crippen LogP) is 8.28. The lowest BCUT2D eigenvalue weighted by Crippen LogP contribution is -2.68. The van der Waals surface area contributed by atoms with Crippen LogP contribution in [-0.2, 0) is 4.43 Å². The zero-order valence-electron chi connectivity index (χ0n) is 28.2. The summed E-state index contributed by atoms with van der Waals surface area (Å²) in [6, 6.07) is 24.1. The fourth-order valence-corrected chi connectivity index (χ4v) is 13.7. The molecule has 6 rings (SSSR count). The summed E-state index contributed by atoms with van der Waals surface area (Å²) >= 11 is 3.24. The first kappa shape index (κ1) is 32.8. The molecule has 2 aromatic carbocycles. The molecule has 0 amide bonds. The van der Waals surface area contributed by atoms with Crippen LogP contribution in [0.3, 0.4) is 0 Å². The second kappa shape index (κ2) is 13.2. The Morgan fingerprint density at radius 2 is 1.59 bits per heavy atom. The monoisotopic (exact) mass is 667 g/mol. The van der Waals surface area contributed by atoms with Gasteiger partial charge in [0, 0.05) is 6.20 Å². The molecule has 0 saturated heterocycles. The van der Waals surface area contributed by atoms with E-state index >= 15 is 0 Å². The van der Waals surface area contributed by atoms with Crippen molar-refractivity contribution in [3.63, 3.8) is 0 Å². The summed E-state index contributed by atoms with van der Waals surface area (Å²) in [5.74, 6) is 1.74. The molecule has 0 radical (unpaired) electrons. The van der Waals surface area contributed by atoms with E-state index in [-0.39, 0.29) is 17.2 Å². The molecular formula is C37H45N5OS2Si. The zero-order valence-corrected chi connectivity index (χ0v) is 30.8. The molecule has 1 aliphatic carbocycles. The predicted molar refractivity (Wildman–Crippen MR) is 197 cm³/mol. The van der Waals surface area contributed by atoms with Crippen LogP contribution in [0.5, 0.6) is 0 Å². The van der Waals surface area contributed by atoms with Gasteiger partial charge in [0.25, 0.3) is 8.32 Å². The van der Waals surface area contributed by atoms with Crippen LogP contribution >= 0.6 is 23.1 Å². The van der Waals surface area contributed by atoms with Gasteiger partial charge >= 0.3 is 0 Å². The lowest BCUT2D eigenvalue weighted by Gasteiger charge is -2.46. The van der Waals surface area contributed by atoms with Gasteiger partial charge < -0.3 is 9.74 Å². The summed E-state index contributed by atoms with van der Waals surface area (Å²) in [6.45, 7) is 15.9. The Hall–Kier alpha value is -3.11. The largest absolute Gasteiger partial charge is 0.402 e. The molecule has 1 saturated carbocycles. The smallest absolute Gasteiger partial charge is 0.261 e. The van der Waals surface area contributed by atoms with E-state index in [9.17, 15) is 0 Å². The van der Waals surface area contributed by atoms with E-state index in [0.29, 0.717) is 11.8 Å². The number of aromatic nitrogens is 4. The van der Waals surface area contributed by atoms with Crippen LogP contribution in [0.1, 0.15) is 58.8 Å². The molecule has 0 aliphatic heterocycles. The van der Waals surface area contributed by atoms with E-state index < -0.39 is 8.32 Å². The second-order valence-corrected chi connectivity index (χ2v) is 19.6. The van der Waals surface area contributed by atoms with Gasteiger partial charge in [0.15, 0.2) is 5.16 Å². The Morgan fingerprint density at radius 3 is 2.15 bits per heavy atom. The molecule has 1 aliphatic rings. The van der Waals surface area contributed by atoms with Crippen LogP contribution in [0.4, 0.5) is 5.82 Å². The van der Waals surface area contributed by atoms with Crippen molar-refractivity contribution in [3.8, 4) is 10.6 Å².